The quantitative estimate of drug-likeness (QED) is 0.456. The maximum Gasteiger partial charge on any atom is 0.485 e. The predicted octanol–water partition coefficient (Wildman–Crippen LogP) is 0.709. The van der Waals surface area contributed by atoms with Crippen molar-refractivity contribution in [2.75, 3.05) is 7.11 Å². The highest BCUT2D eigenvalue weighted by Gasteiger charge is 2.36. The Labute approximate surface area is 103 Å². The van der Waals surface area contributed by atoms with E-state index in [1.807, 2.05) is 36.1 Å². The number of aryl methyl sites for hydroxylation is 1. The molecule has 0 saturated carbocycles. The van der Waals surface area contributed by atoms with Crippen LogP contribution >= 0.6 is 0 Å². The molecule has 5 nitrogen and oxygen atoms in total. The van der Waals surface area contributed by atoms with Gasteiger partial charge in [-0.05, 0) is 5.56 Å². The van der Waals surface area contributed by atoms with Crippen LogP contribution in [-0.4, -0.2) is 25.6 Å². The number of ether oxygens (including phenoxy) is 1. The monoisotopic (exact) mass is 287 g/mol. The van der Waals surface area contributed by atoms with Crippen LogP contribution in [0.25, 0.3) is 0 Å². The van der Waals surface area contributed by atoms with E-state index in [2.05, 4.69) is 0 Å². The van der Waals surface area contributed by atoms with Crippen molar-refractivity contribution >= 4 is 10.1 Å². The van der Waals surface area contributed by atoms with Crippen molar-refractivity contribution in [3.05, 3.63) is 30.1 Å². The first kappa shape index (κ1) is 16.8. The molecule has 0 fully saturated rings. The molecular weight excluding hydrogens is 275 g/mol. The highest BCUT2D eigenvalue weighted by Crippen LogP contribution is 2.20. The summed E-state index contributed by atoms with van der Waals surface area (Å²) in [6.45, 7) is 0.695. The van der Waals surface area contributed by atoms with E-state index < -0.39 is 15.6 Å². The lowest BCUT2D eigenvalue weighted by atomic mass is 10.3. The number of rotatable bonds is 2. The lowest BCUT2D eigenvalue weighted by Gasteiger charge is -2.08. The zero-order chi connectivity index (χ0) is 14.4. The molecule has 0 aromatic carbocycles. The highest BCUT2D eigenvalue weighted by molar-refractivity contribution is 7.86. The maximum atomic E-state index is 10.7. The van der Waals surface area contributed by atoms with E-state index in [1.54, 1.807) is 7.11 Å². The molecular formula is C9H12F3NO4S. The van der Waals surface area contributed by atoms with Gasteiger partial charge in [0.15, 0.2) is 22.5 Å². The fourth-order valence-electron chi connectivity index (χ4n) is 0.795. The molecule has 1 aromatic rings. The van der Waals surface area contributed by atoms with Crippen molar-refractivity contribution in [1.29, 1.82) is 0 Å². The third-order valence-corrected chi connectivity index (χ3v) is 2.21. The Kier molecular flexibility index (Phi) is 6.22. The molecule has 104 valence electrons. The summed E-state index contributed by atoms with van der Waals surface area (Å²) in [7, 11) is -2.39. The normalized spacial score (nSPS) is 11.7. The maximum absolute atomic E-state index is 10.7. The van der Waals surface area contributed by atoms with Crippen molar-refractivity contribution in [2.24, 2.45) is 7.05 Å². The van der Waals surface area contributed by atoms with Gasteiger partial charge >= 0.3 is 5.51 Å². The third kappa shape index (κ3) is 6.52. The Morgan fingerprint density at radius 2 is 1.72 bits per heavy atom. The number of hydrogen-bond acceptors (Lipinski definition) is 4. The second kappa shape index (κ2) is 6.66. The summed E-state index contributed by atoms with van der Waals surface area (Å²) >= 11 is 0. The fraction of sp³-hybridized carbons (Fsp3) is 0.444. The van der Waals surface area contributed by atoms with E-state index in [0.717, 1.165) is 0 Å². The number of methoxy groups -OCH3 is 1. The number of hydrogen-bond donors (Lipinski definition) is 0. The molecule has 0 aliphatic heterocycles. The lowest BCUT2D eigenvalue weighted by Crippen LogP contribution is -2.25. The molecule has 1 aromatic heterocycles. The first-order valence-corrected chi connectivity index (χ1v) is 5.94. The Balaban J connectivity index is 0.000000331. The summed E-state index contributed by atoms with van der Waals surface area (Å²) in [6.07, 6.45) is 4.02. The van der Waals surface area contributed by atoms with E-state index in [0.29, 0.717) is 6.61 Å². The van der Waals surface area contributed by atoms with Crippen LogP contribution in [0.5, 0.6) is 0 Å². The van der Waals surface area contributed by atoms with Crippen LogP contribution in [0, 0.1) is 0 Å². The summed E-state index contributed by atoms with van der Waals surface area (Å²) in [6, 6.07) is 4.09. The first-order chi connectivity index (χ1) is 8.08. The number of alkyl halides is 3. The van der Waals surface area contributed by atoms with Crippen molar-refractivity contribution in [3.8, 4) is 0 Å². The Bertz CT molecular complexity index is 456. The van der Waals surface area contributed by atoms with Crippen LogP contribution in [0.3, 0.4) is 0 Å². The van der Waals surface area contributed by atoms with Gasteiger partial charge in [0.05, 0.1) is 6.61 Å². The summed E-state index contributed by atoms with van der Waals surface area (Å²) in [4.78, 5) is 0. The summed E-state index contributed by atoms with van der Waals surface area (Å²) in [5, 5.41) is 0. The summed E-state index contributed by atoms with van der Waals surface area (Å²) in [5.41, 5.74) is -4.44. The van der Waals surface area contributed by atoms with Crippen LogP contribution in [0.4, 0.5) is 13.2 Å². The summed E-state index contributed by atoms with van der Waals surface area (Å²) < 4.78 is 65.9. The number of pyridine rings is 1. The van der Waals surface area contributed by atoms with Gasteiger partial charge in [0.1, 0.15) is 7.05 Å². The Hall–Kier alpha value is -1.19. The van der Waals surface area contributed by atoms with Crippen LogP contribution in [-0.2, 0) is 28.5 Å². The SMILES string of the molecule is COCc1cc[n+](C)cc1.O=S(=O)([O-])C(F)(F)F. The van der Waals surface area contributed by atoms with Crippen LogP contribution < -0.4 is 4.57 Å². The molecule has 1 heterocycles. The molecule has 0 amide bonds. The van der Waals surface area contributed by atoms with Gasteiger partial charge in [-0.15, -0.1) is 0 Å². The van der Waals surface area contributed by atoms with Gasteiger partial charge in [-0.3, -0.25) is 0 Å². The number of nitrogens with zero attached hydrogens (tertiary/aromatic N) is 1. The standard InChI is InChI=1S/C8H12NO.CHF3O3S/c1-9-5-3-8(4-6-9)7-10-2;2-1(3,4)8(5,6)7/h3-6H,7H2,1-2H3;(H,5,6,7)/q+1;/p-1. The average Bonchev–Trinajstić information content (AvgIpc) is 2.20. The first-order valence-electron chi connectivity index (χ1n) is 4.53. The minimum Gasteiger partial charge on any atom is -0.741 e. The van der Waals surface area contributed by atoms with Gasteiger partial charge in [-0.1, -0.05) is 0 Å². The van der Waals surface area contributed by atoms with E-state index in [4.69, 9.17) is 17.7 Å². The molecule has 0 bridgehead atoms. The van der Waals surface area contributed by atoms with Crippen molar-refractivity contribution in [2.45, 2.75) is 12.1 Å². The lowest BCUT2D eigenvalue weighted by molar-refractivity contribution is -0.671. The van der Waals surface area contributed by atoms with Crippen molar-refractivity contribution in [1.82, 2.24) is 0 Å². The minimum atomic E-state index is -6.09. The molecule has 0 aliphatic rings. The second-order valence-electron chi connectivity index (χ2n) is 3.20. The fourth-order valence-corrected chi connectivity index (χ4v) is 0.795. The van der Waals surface area contributed by atoms with Gasteiger partial charge in [0, 0.05) is 19.2 Å². The molecule has 18 heavy (non-hydrogen) atoms. The Morgan fingerprint density at radius 1 is 1.33 bits per heavy atom. The molecule has 0 unspecified atom stereocenters. The number of halogens is 3. The van der Waals surface area contributed by atoms with Gasteiger partial charge in [0.2, 0.25) is 0 Å². The molecule has 0 atom stereocenters. The van der Waals surface area contributed by atoms with Crippen molar-refractivity contribution in [3.63, 3.8) is 0 Å². The van der Waals surface area contributed by atoms with E-state index in [-0.39, 0.29) is 0 Å². The molecule has 9 heteroatoms. The van der Waals surface area contributed by atoms with Crippen LogP contribution in [0.15, 0.2) is 24.5 Å². The molecule has 0 aliphatic carbocycles. The average molecular weight is 287 g/mol. The smallest absolute Gasteiger partial charge is 0.485 e. The third-order valence-electron chi connectivity index (χ3n) is 1.64. The molecule has 0 N–H and O–H groups in total. The topological polar surface area (TPSA) is 70.3 Å². The van der Waals surface area contributed by atoms with E-state index in [9.17, 15) is 13.2 Å². The van der Waals surface area contributed by atoms with E-state index in [1.165, 1.54) is 5.56 Å². The molecule has 1 rings (SSSR count). The van der Waals surface area contributed by atoms with Crippen LogP contribution in [0.2, 0.25) is 0 Å². The summed E-state index contributed by atoms with van der Waals surface area (Å²) in [5.74, 6) is 0. The van der Waals surface area contributed by atoms with Gasteiger partial charge < -0.3 is 9.29 Å². The Morgan fingerprint density at radius 3 is 2.00 bits per heavy atom. The van der Waals surface area contributed by atoms with E-state index >= 15 is 0 Å². The van der Waals surface area contributed by atoms with Crippen molar-refractivity contribution < 1.29 is 35.4 Å². The van der Waals surface area contributed by atoms with Gasteiger partial charge in [0.25, 0.3) is 0 Å². The highest BCUT2D eigenvalue weighted by atomic mass is 32.2. The minimum absolute atomic E-state index is 0.695. The van der Waals surface area contributed by atoms with Crippen LogP contribution in [0.1, 0.15) is 5.56 Å². The number of aromatic nitrogens is 1. The van der Waals surface area contributed by atoms with Gasteiger partial charge in [-0.2, -0.15) is 13.2 Å². The zero-order valence-electron chi connectivity index (χ0n) is 9.64. The molecule has 0 spiro atoms. The molecule has 0 radical (unpaired) electrons. The van der Waals surface area contributed by atoms with Gasteiger partial charge in [-0.25, -0.2) is 13.0 Å². The largest absolute Gasteiger partial charge is 0.741 e. The second-order valence-corrected chi connectivity index (χ2v) is 4.58. The zero-order valence-corrected chi connectivity index (χ0v) is 10.5. The predicted molar refractivity (Wildman–Crippen MR) is 54.1 cm³/mol. The molecule has 0 saturated heterocycles.